The molecular formula is C13H13ClN2O2. The van der Waals surface area contributed by atoms with Crippen molar-refractivity contribution in [2.24, 2.45) is 0 Å². The minimum Gasteiger partial charge on any atom is -0.494 e. The number of hydrogen-bond acceptors (Lipinski definition) is 4. The second-order valence-electron chi connectivity index (χ2n) is 3.54. The Morgan fingerprint density at radius 3 is 2.78 bits per heavy atom. The molecule has 0 atom stereocenters. The lowest BCUT2D eigenvalue weighted by atomic mass is 10.3. The zero-order chi connectivity index (χ0) is 13.0. The summed E-state index contributed by atoms with van der Waals surface area (Å²) < 4.78 is 11.0. The number of aromatic nitrogens is 1. The maximum Gasteiger partial charge on any atom is 0.244 e. The monoisotopic (exact) mass is 264 g/mol. The Labute approximate surface area is 110 Å². The molecule has 2 rings (SSSR count). The van der Waals surface area contributed by atoms with Crippen molar-refractivity contribution in [3.05, 3.63) is 41.6 Å². The second-order valence-corrected chi connectivity index (χ2v) is 3.93. The van der Waals surface area contributed by atoms with E-state index in [1.54, 1.807) is 24.3 Å². The van der Waals surface area contributed by atoms with Gasteiger partial charge in [-0.1, -0.05) is 17.7 Å². The average Bonchev–Trinajstić information content (AvgIpc) is 2.35. The molecule has 0 saturated heterocycles. The van der Waals surface area contributed by atoms with Gasteiger partial charge in [0.2, 0.25) is 5.88 Å². The molecule has 18 heavy (non-hydrogen) atoms. The number of nitrogens with two attached hydrogens (primary N) is 1. The van der Waals surface area contributed by atoms with E-state index in [0.29, 0.717) is 23.2 Å². The minimum atomic E-state index is 0.288. The fourth-order valence-corrected chi connectivity index (χ4v) is 1.56. The molecular weight excluding hydrogens is 252 g/mol. The number of nitrogens with zero attached hydrogens (tertiary/aromatic N) is 1. The van der Waals surface area contributed by atoms with E-state index in [4.69, 9.17) is 26.8 Å². The predicted molar refractivity (Wildman–Crippen MR) is 71.3 cm³/mol. The molecule has 4 nitrogen and oxygen atoms in total. The van der Waals surface area contributed by atoms with Gasteiger partial charge in [-0.25, -0.2) is 0 Å². The van der Waals surface area contributed by atoms with E-state index < -0.39 is 0 Å². The summed E-state index contributed by atoms with van der Waals surface area (Å²) in [6.45, 7) is 2.52. The summed E-state index contributed by atoms with van der Waals surface area (Å²) >= 11 is 5.79. The molecule has 2 N–H and O–H groups in total. The van der Waals surface area contributed by atoms with Gasteiger partial charge in [-0.05, 0) is 31.2 Å². The number of benzene rings is 1. The van der Waals surface area contributed by atoms with Crippen molar-refractivity contribution in [1.29, 1.82) is 0 Å². The first kappa shape index (κ1) is 12.5. The standard InChI is InChI=1S/C13H13ClN2O2/c1-2-17-9-4-3-5-10(8-9)18-13-11(15)6-7-12(14)16-13/h3-8H,2,15H2,1H3. The third kappa shape index (κ3) is 3.05. The predicted octanol–water partition coefficient (Wildman–Crippen LogP) is 3.51. The van der Waals surface area contributed by atoms with E-state index >= 15 is 0 Å². The fourth-order valence-electron chi connectivity index (χ4n) is 1.42. The van der Waals surface area contributed by atoms with Crippen LogP contribution in [-0.4, -0.2) is 11.6 Å². The van der Waals surface area contributed by atoms with Gasteiger partial charge in [-0.3, -0.25) is 0 Å². The lowest BCUT2D eigenvalue weighted by Gasteiger charge is -2.09. The van der Waals surface area contributed by atoms with E-state index in [2.05, 4.69) is 4.98 Å². The van der Waals surface area contributed by atoms with Crippen LogP contribution in [0.3, 0.4) is 0 Å². The summed E-state index contributed by atoms with van der Waals surface area (Å²) in [6, 6.07) is 10.5. The lowest BCUT2D eigenvalue weighted by Crippen LogP contribution is -1.96. The van der Waals surface area contributed by atoms with Crippen LogP contribution >= 0.6 is 11.6 Å². The number of ether oxygens (including phenoxy) is 2. The average molecular weight is 265 g/mol. The molecule has 5 heteroatoms. The van der Waals surface area contributed by atoms with Crippen LogP contribution in [0.1, 0.15) is 6.92 Å². The topological polar surface area (TPSA) is 57.4 Å². The Kier molecular flexibility index (Phi) is 3.89. The number of rotatable bonds is 4. The zero-order valence-electron chi connectivity index (χ0n) is 9.89. The number of anilines is 1. The van der Waals surface area contributed by atoms with Crippen molar-refractivity contribution in [1.82, 2.24) is 4.98 Å². The van der Waals surface area contributed by atoms with E-state index in [-0.39, 0.29) is 5.88 Å². The quantitative estimate of drug-likeness (QED) is 0.859. The molecule has 0 aliphatic carbocycles. The van der Waals surface area contributed by atoms with Gasteiger partial charge in [0.25, 0.3) is 0 Å². The second kappa shape index (κ2) is 5.60. The summed E-state index contributed by atoms with van der Waals surface area (Å²) in [6.07, 6.45) is 0. The molecule has 0 spiro atoms. The summed E-state index contributed by atoms with van der Waals surface area (Å²) in [7, 11) is 0. The summed E-state index contributed by atoms with van der Waals surface area (Å²) in [5.74, 6) is 1.62. The van der Waals surface area contributed by atoms with Gasteiger partial charge < -0.3 is 15.2 Å². The van der Waals surface area contributed by atoms with Gasteiger partial charge in [-0.15, -0.1) is 0 Å². The van der Waals surface area contributed by atoms with E-state index in [1.165, 1.54) is 0 Å². The molecule has 0 bridgehead atoms. The molecule has 94 valence electrons. The smallest absolute Gasteiger partial charge is 0.244 e. The van der Waals surface area contributed by atoms with Gasteiger partial charge in [0.1, 0.15) is 16.7 Å². The van der Waals surface area contributed by atoms with Gasteiger partial charge in [0.05, 0.1) is 12.3 Å². The minimum absolute atomic E-state index is 0.288. The molecule has 1 aromatic heterocycles. The largest absolute Gasteiger partial charge is 0.494 e. The van der Waals surface area contributed by atoms with Crippen LogP contribution in [0.5, 0.6) is 17.4 Å². The fraction of sp³-hybridized carbons (Fsp3) is 0.154. The van der Waals surface area contributed by atoms with Crippen LogP contribution in [0, 0.1) is 0 Å². The van der Waals surface area contributed by atoms with Crippen molar-refractivity contribution in [2.45, 2.75) is 6.92 Å². The Balaban J connectivity index is 2.22. The van der Waals surface area contributed by atoms with E-state index in [0.717, 1.165) is 5.75 Å². The van der Waals surface area contributed by atoms with Crippen LogP contribution in [0.4, 0.5) is 5.69 Å². The number of halogens is 1. The van der Waals surface area contributed by atoms with Crippen molar-refractivity contribution in [3.8, 4) is 17.4 Å². The molecule has 0 amide bonds. The summed E-state index contributed by atoms with van der Waals surface area (Å²) in [5.41, 5.74) is 6.19. The zero-order valence-corrected chi connectivity index (χ0v) is 10.6. The van der Waals surface area contributed by atoms with Gasteiger partial charge >= 0.3 is 0 Å². The van der Waals surface area contributed by atoms with Crippen molar-refractivity contribution >= 4 is 17.3 Å². The molecule has 0 aliphatic heterocycles. The molecule has 1 aromatic carbocycles. The maximum atomic E-state index is 5.79. The Hall–Kier alpha value is -1.94. The Morgan fingerprint density at radius 1 is 1.22 bits per heavy atom. The van der Waals surface area contributed by atoms with Crippen molar-refractivity contribution < 1.29 is 9.47 Å². The third-order valence-corrected chi connectivity index (χ3v) is 2.40. The van der Waals surface area contributed by atoms with Crippen LogP contribution in [0.25, 0.3) is 0 Å². The highest BCUT2D eigenvalue weighted by molar-refractivity contribution is 6.29. The van der Waals surface area contributed by atoms with E-state index in [9.17, 15) is 0 Å². The molecule has 0 radical (unpaired) electrons. The van der Waals surface area contributed by atoms with Gasteiger partial charge in [0.15, 0.2) is 0 Å². The first-order chi connectivity index (χ1) is 8.69. The number of pyridine rings is 1. The number of nitrogen functional groups attached to an aromatic ring is 1. The van der Waals surface area contributed by atoms with E-state index in [1.807, 2.05) is 19.1 Å². The molecule has 0 unspecified atom stereocenters. The summed E-state index contributed by atoms with van der Waals surface area (Å²) in [4.78, 5) is 4.02. The summed E-state index contributed by atoms with van der Waals surface area (Å²) in [5, 5.41) is 0.333. The first-order valence-corrected chi connectivity index (χ1v) is 5.89. The molecule has 0 saturated carbocycles. The maximum absolute atomic E-state index is 5.79. The van der Waals surface area contributed by atoms with Crippen molar-refractivity contribution in [2.75, 3.05) is 12.3 Å². The van der Waals surface area contributed by atoms with Gasteiger partial charge in [-0.2, -0.15) is 4.98 Å². The van der Waals surface area contributed by atoms with Crippen LogP contribution in [0.2, 0.25) is 5.15 Å². The normalized spacial score (nSPS) is 10.1. The van der Waals surface area contributed by atoms with Crippen LogP contribution in [-0.2, 0) is 0 Å². The van der Waals surface area contributed by atoms with Gasteiger partial charge in [0, 0.05) is 6.07 Å². The Morgan fingerprint density at radius 2 is 2.00 bits per heavy atom. The van der Waals surface area contributed by atoms with Crippen molar-refractivity contribution in [3.63, 3.8) is 0 Å². The highest BCUT2D eigenvalue weighted by atomic mass is 35.5. The first-order valence-electron chi connectivity index (χ1n) is 5.52. The molecule has 1 heterocycles. The number of hydrogen-bond donors (Lipinski definition) is 1. The SMILES string of the molecule is CCOc1cccc(Oc2nc(Cl)ccc2N)c1. The van der Waals surface area contributed by atoms with Crippen LogP contribution in [0.15, 0.2) is 36.4 Å². The lowest BCUT2D eigenvalue weighted by molar-refractivity contribution is 0.338. The molecule has 2 aromatic rings. The molecule has 0 fully saturated rings. The third-order valence-electron chi connectivity index (χ3n) is 2.19. The highest BCUT2D eigenvalue weighted by Gasteiger charge is 2.05. The molecule has 0 aliphatic rings. The van der Waals surface area contributed by atoms with Crippen LogP contribution < -0.4 is 15.2 Å². The Bertz CT molecular complexity index is 546. The highest BCUT2D eigenvalue weighted by Crippen LogP contribution is 2.28.